The lowest BCUT2D eigenvalue weighted by Crippen LogP contribution is -2.35. The molecular formula is C15H24N2O2. The molecule has 106 valence electrons. The smallest absolute Gasteiger partial charge is 0.221 e. The summed E-state index contributed by atoms with van der Waals surface area (Å²) in [5.41, 5.74) is 1.19. The van der Waals surface area contributed by atoms with E-state index in [1.54, 1.807) is 0 Å². The van der Waals surface area contributed by atoms with E-state index in [1.807, 2.05) is 32.0 Å². The summed E-state index contributed by atoms with van der Waals surface area (Å²) in [5.74, 6) is 0.0611. The minimum atomic E-state index is 0.0611. The summed E-state index contributed by atoms with van der Waals surface area (Å²) >= 11 is 0. The zero-order valence-electron chi connectivity index (χ0n) is 11.8. The number of hydrogen-bond acceptors (Lipinski definition) is 3. The van der Waals surface area contributed by atoms with Gasteiger partial charge in [-0.1, -0.05) is 30.3 Å². The van der Waals surface area contributed by atoms with Crippen molar-refractivity contribution in [2.24, 2.45) is 0 Å². The van der Waals surface area contributed by atoms with Crippen LogP contribution in [0.1, 0.15) is 25.8 Å². The van der Waals surface area contributed by atoms with Crippen LogP contribution in [0.2, 0.25) is 0 Å². The van der Waals surface area contributed by atoms with Gasteiger partial charge in [0.1, 0.15) is 0 Å². The molecule has 0 unspecified atom stereocenters. The van der Waals surface area contributed by atoms with E-state index in [2.05, 4.69) is 22.3 Å². The zero-order valence-corrected chi connectivity index (χ0v) is 11.8. The Morgan fingerprint density at radius 3 is 2.53 bits per heavy atom. The van der Waals surface area contributed by atoms with Gasteiger partial charge in [0, 0.05) is 32.1 Å². The highest BCUT2D eigenvalue weighted by Gasteiger charge is 2.09. The van der Waals surface area contributed by atoms with E-state index >= 15 is 0 Å². The number of nitrogens with one attached hydrogen (secondary N) is 1. The van der Waals surface area contributed by atoms with E-state index in [4.69, 9.17) is 5.11 Å². The van der Waals surface area contributed by atoms with Gasteiger partial charge in [0.2, 0.25) is 5.91 Å². The van der Waals surface area contributed by atoms with Crippen LogP contribution in [0.25, 0.3) is 0 Å². The van der Waals surface area contributed by atoms with Crippen molar-refractivity contribution in [2.45, 2.75) is 32.9 Å². The Morgan fingerprint density at radius 1 is 1.26 bits per heavy atom. The molecule has 0 radical (unpaired) electrons. The number of hydrogen-bond donors (Lipinski definition) is 2. The minimum absolute atomic E-state index is 0.0611. The average molecular weight is 264 g/mol. The van der Waals surface area contributed by atoms with Crippen molar-refractivity contribution in [3.8, 4) is 0 Å². The maximum absolute atomic E-state index is 11.6. The van der Waals surface area contributed by atoms with Gasteiger partial charge in [0.05, 0.1) is 6.61 Å². The fraction of sp³-hybridized carbons (Fsp3) is 0.533. The Bertz CT molecular complexity index is 366. The summed E-state index contributed by atoms with van der Waals surface area (Å²) in [7, 11) is 0. The first kappa shape index (κ1) is 15.7. The third-order valence-corrected chi connectivity index (χ3v) is 2.77. The fourth-order valence-electron chi connectivity index (χ4n) is 1.91. The highest BCUT2D eigenvalue weighted by atomic mass is 16.3. The fourth-order valence-corrected chi connectivity index (χ4v) is 1.91. The van der Waals surface area contributed by atoms with Gasteiger partial charge in [-0.25, -0.2) is 0 Å². The molecule has 0 saturated carbocycles. The summed E-state index contributed by atoms with van der Waals surface area (Å²) in [6.45, 7) is 6.02. The number of aliphatic hydroxyl groups excluding tert-OH is 1. The minimum Gasteiger partial charge on any atom is -0.395 e. The van der Waals surface area contributed by atoms with Crippen molar-refractivity contribution in [3.63, 3.8) is 0 Å². The van der Waals surface area contributed by atoms with Gasteiger partial charge in [-0.05, 0) is 19.4 Å². The van der Waals surface area contributed by atoms with Gasteiger partial charge in [-0.15, -0.1) is 0 Å². The second-order valence-electron chi connectivity index (χ2n) is 4.96. The maximum Gasteiger partial charge on any atom is 0.221 e. The van der Waals surface area contributed by atoms with Crippen LogP contribution < -0.4 is 5.32 Å². The lowest BCUT2D eigenvalue weighted by Gasteiger charge is -2.21. The third-order valence-electron chi connectivity index (χ3n) is 2.77. The van der Waals surface area contributed by atoms with Gasteiger partial charge >= 0.3 is 0 Å². The molecule has 0 aromatic heterocycles. The molecule has 19 heavy (non-hydrogen) atoms. The van der Waals surface area contributed by atoms with Gasteiger partial charge < -0.3 is 10.4 Å². The molecule has 1 rings (SSSR count). The van der Waals surface area contributed by atoms with E-state index in [-0.39, 0.29) is 18.6 Å². The molecule has 0 heterocycles. The molecule has 1 aromatic carbocycles. The molecule has 0 aliphatic carbocycles. The van der Waals surface area contributed by atoms with Crippen LogP contribution in [0.5, 0.6) is 0 Å². The SMILES string of the molecule is CC(C)NC(=O)CCN(CCO)Cc1ccccc1. The maximum atomic E-state index is 11.6. The predicted octanol–water partition coefficient (Wildman–Crippen LogP) is 1.40. The van der Waals surface area contributed by atoms with Crippen molar-refractivity contribution in [1.82, 2.24) is 10.2 Å². The van der Waals surface area contributed by atoms with Crippen LogP contribution in [0.15, 0.2) is 30.3 Å². The van der Waals surface area contributed by atoms with Gasteiger partial charge in [-0.3, -0.25) is 9.69 Å². The van der Waals surface area contributed by atoms with Gasteiger partial charge in [-0.2, -0.15) is 0 Å². The number of amides is 1. The van der Waals surface area contributed by atoms with Crippen LogP contribution >= 0.6 is 0 Å². The van der Waals surface area contributed by atoms with Crippen LogP contribution in [0.4, 0.5) is 0 Å². The third kappa shape index (κ3) is 6.94. The monoisotopic (exact) mass is 264 g/mol. The van der Waals surface area contributed by atoms with Crippen LogP contribution in [-0.4, -0.2) is 41.7 Å². The lowest BCUT2D eigenvalue weighted by molar-refractivity contribution is -0.122. The number of carbonyl (C=O) groups is 1. The van der Waals surface area contributed by atoms with Crippen LogP contribution in [0, 0.1) is 0 Å². The molecule has 1 amide bonds. The second kappa shape index (κ2) is 8.67. The molecule has 0 aliphatic heterocycles. The molecule has 2 N–H and O–H groups in total. The Kier molecular flexibility index (Phi) is 7.15. The van der Waals surface area contributed by atoms with Crippen LogP contribution in [-0.2, 0) is 11.3 Å². The van der Waals surface area contributed by atoms with Crippen molar-refractivity contribution in [3.05, 3.63) is 35.9 Å². The number of nitrogens with zero attached hydrogens (tertiary/aromatic N) is 1. The molecular weight excluding hydrogens is 240 g/mol. The first-order valence-electron chi connectivity index (χ1n) is 6.78. The highest BCUT2D eigenvalue weighted by molar-refractivity contribution is 5.76. The van der Waals surface area contributed by atoms with Crippen molar-refractivity contribution in [2.75, 3.05) is 19.7 Å². The standard InChI is InChI=1S/C15H24N2O2/c1-13(2)16-15(19)8-9-17(10-11-18)12-14-6-4-3-5-7-14/h3-7,13,18H,8-12H2,1-2H3,(H,16,19). The number of benzene rings is 1. The largest absolute Gasteiger partial charge is 0.395 e. The van der Waals surface area contributed by atoms with Crippen molar-refractivity contribution in [1.29, 1.82) is 0 Å². The Morgan fingerprint density at radius 2 is 1.95 bits per heavy atom. The first-order chi connectivity index (χ1) is 9.11. The summed E-state index contributed by atoms with van der Waals surface area (Å²) in [6.07, 6.45) is 0.463. The summed E-state index contributed by atoms with van der Waals surface area (Å²) in [5, 5.41) is 12.0. The Balaban J connectivity index is 2.42. The van der Waals surface area contributed by atoms with Crippen molar-refractivity contribution >= 4 is 5.91 Å². The summed E-state index contributed by atoms with van der Waals surface area (Å²) < 4.78 is 0. The zero-order chi connectivity index (χ0) is 14.1. The number of carbonyl (C=O) groups excluding carboxylic acids is 1. The highest BCUT2D eigenvalue weighted by Crippen LogP contribution is 2.04. The molecule has 0 atom stereocenters. The van der Waals surface area contributed by atoms with E-state index in [1.165, 1.54) is 5.56 Å². The molecule has 0 aliphatic rings. The predicted molar refractivity (Wildman–Crippen MR) is 76.7 cm³/mol. The normalized spacial score (nSPS) is 11.0. The second-order valence-corrected chi connectivity index (χ2v) is 4.96. The Hall–Kier alpha value is -1.39. The van der Waals surface area contributed by atoms with E-state index in [0.29, 0.717) is 19.5 Å². The van der Waals surface area contributed by atoms with E-state index < -0.39 is 0 Å². The molecule has 1 aromatic rings. The average Bonchev–Trinajstić information content (AvgIpc) is 2.37. The van der Waals surface area contributed by atoms with E-state index in [9.17, 15) is 4.79 Å². The molecule has 4 heteroatoms. The molecule has 0 spiro atoms. The molecule has 0 bridgehead atoms. The topological polar surface area (TPSA) is 52.6 Å². The lowest BCUT2D eigenvalue weighted by atomic mass is 10.2. The van der Waals surface area contributed by atoms with E-state index in [0.717, 1.165) is 6.54 Å². The first-order valence-corrected chi connectivity index (χ1v) is 6.78. The molecule has 4 nitrogen and oxygen atoms in total. The van der Waals surface area contributed by atoms with Crippen molar-refractivity contribution < 1.29 is 9.90 Å². The van der Waals surface area contributed by atoms with Crippen LogP contribution in [0.3, 0.4) is 0 Å². The van der Waals surface area contributed by atoms with Gasteiger partial charge in [0.15, 0.2) is 0 Å². The summed E-state index contributed by atoms with van der Waals surface area (Å²) in [4.78, 5) is 13.7. The summed E-state index contributed by atoms with van der Waals surface area (Å²) in [6, 6.07) is 10.3. The van der Waals surface area contributed by atoms with Gasteiger partial charge in [0.25, 0.3) is 0 Å². The number of rotatable bonds is 8. The quantitative estimate of drug-likeness (QED) is 0.746. The number of aliphatic hydroxyl groups is 1. The Labute approximate surface area is 115 Å². The molecule has 0 fully saturated rings. The molecule has 0 saturated heterocycles.